The fourth-order valence-corrected chi connectivity index (χ4v) is 4.92. The molecule has 0 unspecified atom stereocenters. The fraction of sp³-hybridized carbons (Fsp3) is 0.185. The lowest BCUT2D eigenvalue weighted by molar-refractivity contribution is -0.114. The topological polar surface area (TPSA) is 83.0 Å². The average Bonchev–Trinajstić information content (AvgIpc) is 3.36. The molecule has 2 aliphatic heterocycles. The molecule has 0 aliphatic carbocycles. The summed E-state index contributed by atoms with van der Waals surface area (Å²) in [6, 6.07) is 18.1. The maximum atomic E-state index is 12.9. The first kappa shape index (κ1) is 22.9. The molecular weight excluding hydrogens is 458 g/mol. The van der Waals surface area contributed by atoms with E-state index in [9.17, 15) is 4.79 Å². The van der Waals surface area contributed by atoms with Crippen molar-refractivity contribution in [2.75, 3.05) is 6.61 Å². The average molecular weight is 484 g/mol. The van der Waals surface area contributed by atoms with Gasteiger partial charge in [-0.15, -0.1) is 0 Å². The Morgan fingerprint density at radius 2 is 1.80 bits per heavy atom. The van der Waals surface area contributed by atoms with Crippen LogP contribution in [-0.4, -0.2) is 38.1 Å². The van der Waals surface area contributed by atoms with Crippen LogP contribution in [0.1, 0.15) is 28.1 Å². The van der Waals surface area contributed by atoms with Crippen LogP contribution in [0.15, 0.2) is 70.3 Å². The van der Waals surface area contributed by atoms with Crippen molar-refractivity contribution < 1.29 is 9.53 Å². The van der Waals surface area contributed by atoms with Crippen molar-refractivity contribution in [2.24, 2.45) is 10.1 Å². The largest absolute Gasteiger partial charge is 0.487 e. The molecule has 5 rings (SSSR count). The maximum Gasteiger partial charge on any atom is 0.283 e. The summed E-state index contributed by atoms with van der Waals surface area (Å²) in [7, 11) is 0. The predicted molar refractivity (Wildman–Crippen MR) is 142 cm³/mol. The number of hydrogen-bond donors (Lipinski definition) is 1. The lowest BCUT2D eigenvalue weighted by atomic mass is 10.1. The summed E-state index contributed by atoms with van der Waals surface area (Å²) in [5, 5.41) is 15.6. The first-order chi connectivity index (χ1) is 16.8. The lowest BCUT2D eigenvalue weighted by Gasteiger charge is -2.20. The van der Waals surface area contributed by atoms with E-state index in [-0.39, 0.29) is 18.0 Å². The van der Waals surface area contributed by atoms with Crippen LogP contribution in [0.3, 0.4) is 0 Å². The van der Waals surface area contributed by atoms with Gasteiger partial charge in [-0.05, 0) is 87.0 Å². The van der Waals surface area contributed by atoms with Gasteiger partial charge in [-0.2, -0.15) is 15.1 Å². The van der Waals surface area contributed by atoms with E-state index in [0.717, 1.165) is 34.0 Å². The molecule has 0 saturated carbocycles. The first-order valence-corrected chi connectivity index (χ1v) is 12.1. The van der Waals surface area contributed by atoms with Crippen LogP contribution in [0, 0.1) is 33.1 Å². The number of benzene rings is 2. The van der Waals surface area contributed by atoms with E-state index in [2.05, 4.69) is 45.9 Å². The van der Waals surface area contributed by atoms with Gasteiger partial charge >= 0.3 is 0 Å². The number of amidine groups is 2. The van der Waals surface area contributed by atoms with Gasteiger partial charge < -0.3 is 9.30 Å². The van der Waals surface area contributed by atoms with Gasteiger partial charge in [0, 0.05) is 17.1 Å². The monoisotopic (exact) mass is 483 g/mol. The molecule has 0 spiro atoms. The molecule has 2 aromatic carbocycles. The third-order valence-corrected chi connectivity index (χ3v) is 6.79. The van der Waals surface area contributed by atoms with Crippen molar-refractivity contribution in [1.82, 2.24) is 9.58 Å². The summed E-state index contributed by atoms with van der Waals surface area (Å²) in [4.78, 5) is 17.1. The van der Waals surface area contributed by atoms with E-state index < -0.39 is 5.91 Å². The van der Waals surface area contributed by atoms with Crippen LogP contribution >= 0.6 is 11.8 Å². The van der Waals surface area contributed by atoms with Gasteiger partial charge in [-0.25, -0.2) is 0 Å². The molecule has 1 amide bonds. The van der Waals surface area contributed by atoms with Crippen molar-refractivity contribution in [1.29, 1.82) is 5.41 Å². The zero-order valence-corrected chi connectivity index (χ0v) is 20.8. The number of aryl methyl sites for hydroxylation is 3. The summed E-state index contributed by atoms with van der Waals surface area (Å²) >= 11 is 1.25. The third kappa shape index (κ3) is 4.44. The number of carbonyl (C=O) groups excluding carboxylic acids is 1. The summed E-state index contributed by atoms with van der Waals surface area (Å²) in [5.41, 5.74) is 6.47. The molecule has 0 bridgehead atoms. The molecule has 176 valence electrons. The number of nitrogens with one attached hydrogen (secondary N) is 1. The fourth-order valence-electron chi connectivity index (χ4n) is 4.12. The number of hydrogen-bond acceptors (Lipinski definition) is 5. The minimum Gasteiger partial charge on any atom is -0.487 e. The Bertz CT molecular complexity index is 1450. The summed E-state index contributed by atoms with van der Waals surface area (Å²) < 4.78 is 7.98. The molecule has 0 radical (unpaired) electrons. The number of hydrazone groups is 1. The van der Waals surface area contributed by atoms with Crippen LogP contribution in [0.5, 0.6) is 5.75 Å². The number of carbonyl (C=O) groups is 1. The second-order valence-electron chi connectivity index (χ2n) is 8.62. The zero-order valence-electron chi connectivity index (χ0n) is 20.0. The quantitative estimate of drug-likeness (QED) is 0.492. The smallest absolute Gasteiger partial charge is 0.283 e. The highest BCUT2D eigenvalue weighted by molar-refractivity contribution is 8.27. The number of amides is 1. The third-order valence-electron chi connectivity index (χ3n) is 5.91. The summed E-state index contributed by atoms with van der Waals surface area (Å²) in [6.45, 7) is 8.34. The van der Waals surface area contributed by atoms with E-state index in [1.165, 1.54) is 22.3 Å². The van der Waals surface area contributed by atoms with E-state index in [4.69, 9.17) is 10.1 Å². The highest BCUT2D eigenvalue weighted by Gasteiger charge is 2.36. The van der Waals surface area contributed by atoms with Crippen molar-refractivity contribution in [3.63, 3.8) is 0 Å². The Morgan fingerprint density at radius 1 is 1.03 bits per heavy atom. The Morgan fingerprint density at radius 3 is 2.54 bits per heavy atom. The van der Waals surface area contributed by atoms with Crippen LogP contribution in [-0.2, 0) is 4.79 Å². The molecule has 1 aromatic heterocycles. The van der Waals surface area contributed by atoms with E-state index in [0.29, 0.717) is 10.2 Å². The Balaban J connectivity index is 1.39. The molecule has 1 N–H and O–H groups in total. The Labute approximate surface area is 208 Å². The number of aromatic nitrogens is 1. The van der Waals surface area contributed by atoms with E-state index in [1.807, 2.05) is 51.1 Å². The van der Waals surface area contributed by atoms with Crippen molar-refractivity contribution in [3.8, 4) is 11.4 Å². The SMILES string of the molecule is Cc1ccc(-n2c(C)cc(/C=C3\C(=N)N4N=C(COc5cccc(C)c5)SC4=NC3=O)c2C)cc1. The molecule has 0 atom stereocenters. The van der Waals surface area contributed by atoms with Crippen LogP contribution in [0.4, 0.5) is 0 Å². The normalized spacial score (nSPS) is 16.5. The van der Waals surface area contributed by atoms with Crippen molar-refractivity contribution in [3.05, 3.63) is 88.2 Å². The molecule has 3 aromatic rings. The molecule has 0 saturated heterocycles. The summed E-state index contributed by atoms with van der Waals surface area (Å²) in [5.74, 6) is 0.318. The summed E-state index contributed by atoms with van der Waals surface area (Å²) in [6.07, 6.45) is 1.74. The number of fused-ring (bicyclic) bond motifs is 1. The lowest BCUT2D eigenvalue weighted by Crippen LogP contribution is -2.35. The van der Waals surface area contributed by atoms with E-state index >= 15 is 0 Å². The first-order valence-electron chi connectivity index (χ1n) is 11.2. The van der Waals surface area contributed by atoms with Gasteiger partial charge in [-0.3, -0.25) is 10.2 Å². The van der Waals surface area contributed by atoms with Gasteiger partial charge in [0.15, 0.2) is 5.84 Å². The Hall–Kier alpha value is -3.91. The molecule has 8 heteroatoms. The highest BCUT2D eigenvalue weighted by Crippen LogP contribution is 2.30. The number of ether oxygens (including phenoxy) is 1. The van der Waals surface area contributed by atoms with Gasteiger partial charge in [0.1, 0.15) is 17.4 Å². The standard InChI is InChI=1S/C27H25N5O2S/c1-16-8-10-21(11-9-16)31-18(3)13-20(19(31)4)14-23-25(28)32-27(29-26(23)33)35-24(30-32)15-34-22-7-5-6-17(2)12-22/h5-14,28H,15H2,1-4H3/b23-14+,28-25?. The van der Waals surface area contributed by atoms with Gasteiger partial charge in [0.25, 0.3) is 5.91 Å². The van der Waals surface area contributed by atoms with Gasteiger partial charge in [0.2, 0.25) is 5.17 Å². The molecule has 3 heterocycles. The maximum absolute atomic E-state index is 12.9. The zero-order chi connectivity index (χ0) is 24.7. The molecule has 35 heavy (non-hydrogen) atoms. The van der Waals surface area contributed by atoms with Gasteiger partial charge in [0.05, 0.1) is 5.57 Å². The molecule has 7 nitrogen and oxygen atoms in total. The van der Waals surface area contributed by atoms with Crippen LogP contribution < -0.4 is 4.74 Å². The van der Waals surface area contributed by atoms with Crippen LogP contribution in [0.25, 0.3) is 11.8 Å². The molecular formula is C27H25N5O2S. The number of thioether (sulfide) groups is 1. The highest BCUT2D eigenvalue weighted by atomic mass is 32.2. The van der Waals surface area contributed by atoms with Gasteiger partial charge in [-0.1, -0.05) is 29.8 Å². The Kier molecular flexibility index (Phi) is 5.90. The van der Waals surface area contributed by atoms with Crippen LogP contribution in [0.2, 0.25) is 0 Å². The molecule has 2 aliphatic rings. The number of nitrogens with zero attached hydrogens (tertiary/aromatic N) is 4. The number of aliphatic imine (C=N–C) groups is 1. The second-order valence-corrected chi connectivity index (χ2v) is 9.66. The molecule has 0 fully saturated rings. The van der Waals surface area contributed by atoms with Crippen molar-refractivity contribution >= 4 is 39.8 Å². The number of rotatable bonds is 5. The predicted octanol–water partition coefficient (Wildman–Crippen LogP) is 5.41. The minimum atomic E-state index is -0.440. The minimum absolute atomic E-state index is 0.0122. The second kappa shape index (κ2) is 9.03. The van der Waals surface area contributed by atoms with Crippen molar-refractivity contribution in [2.45, 2.75) is 27.7 Å². The van der Waals surface area contributed by atoms with E-state index in [1.54, 1.807) is 6.08 Å².